The molecule has 0 aliphatic heterocycles. The molecular formula is C15H20N4O2. The van der Waals surface area contributed by atoms with Crippen molar-refractivity contribution in [1.29, 1.82) is 0 Å². The molecule has 2 aromatic heterocycles. The Balaban J connectivity index is 2.02. The third-order valence-corrected chi connectivity index (χ3v) is 2.92. The molecule has 0 saturated heterocycles. The summed E-state index contributed by atoms with van der Waals surface area (Å²) in [6.45, 7) is 6.87. The molecular weight excluding hydrogens is 268 g/mol. The first kappa shape index (κ1) is 15.0. The molecule has 2 aromatic rings. The minimum Gasteiger partial charge on any atom is -0.444 e. The highest BCUT2D eigenvalue weighted by Crippen LogP contribution is 2.10. The van der Waals surface area contributed by atoms with Crippen LogP contribution < -0.4 is 10.6 Å². The Bertz CT molecular complexity index is 622. The molecule has 21 heavy (non-hydrogen) atoms. The lowest BCUT2D eigenvalue weighted by atomic mass is 10.2. The van der Waals surface area contributed by atoms with E-state index >= 15 is 0 Å². The van der Waals surface area contributed by atoms with E-state index in [1.165, 1.54) is 0 Å². The number of anilines is 1. The molecule has 0 saturated carbocycles. The van der Waals surface area contributed by atoms with Crippen LogP contribution >= 0.6 is 0 Å². The van der Waals surface area contributed by atoms with Crippen LogP contribution in [0.4, 0.5) is 5.82 Å². The standard InChI is InChI=1S/C15H20N4O2/c1-4-12-8-17-14(21-12)9-18-15(20)11-6-10(3)19-13(7-11)16-5-2/h6-8H,4-5,9H2,1-3H3,(H,16,19)(H,18,20). The second-order valence-electron chi connectivity index (χ2n) is 4.67. The number of amides is 1. The molecule has 0 bridgehead atoms. The first-order valence-corrected chi connectivity index (χ1v) is 7.06. The number of rotatable bonds is 6. The molecule has 1 amide bonds. The molecule has 0 radical (unpaired) electrons. The summed E-state index contributed by atoms with van der Waals surface area (Å²) >= 11 is 0. The smallest absolute Gasteiger partial charge is 0.251 e. The molecule has 0 aromatic carbocycles. The maximum Gasteiger partial charge on any atom is 0.251 e. The average molecular weight is 288 g/mol. The first-order valence-electron chi connectivity index (χ1n) is 7.06. The minimum atomic E-state index is -0.170. The number of aromatic nitrogens is 2. The molecule has 0 unspecified atom stereocenters. The zero-order chi connectivity index (χ0) is 15.2. The van der Waals surface area contributed by atoms with Gasteiger partial charge in [-0.25, -0.2) is 9.97 Å². The lowest BCUT2D eigenvalue weighted by Crippen LogP contribution is -2.23. The third-order valence-electron chi connectivity index (χ3n) is 2.92. The van der Waals surface area contributed by atoms with Gasteiger partial charge in [0.25, 0.3) is 5.91 Å². The number of carbonyl (C=O) groups is 1. The third kappa shape index (κ3) is 4.05. The molecule has 2 N–H and O–H groups in total. The number of hydrogen-bond acceptors (Lipinski definition) is 5. The van der Waals surface area contributed by atoms with Gasteiger partial charge in [0.2, 0.25) is 5.89 Å². The van der Waals surface area contributed by atoms with Gasteiger partial charge in [-0.2, -0.15) is 0 Å². The molecule has 6 nitrogen and oxygen atoms in total. The summed E-state index contributed by atoms with van der Waals surface area (Å²) in [4.78, 5) is 20.6. The van der Waals surface area contributed by atoms with Crippen LogP contribution in [-0.4, -0.2) is 22.4 Å². The van der Waals surface area contributed by atoms with Crippen LogP contribution in [0.5, 0.6) is 0 Å². The summed E-state index contributed by atoms with van der Waals surface area (Å²) < 4.78 is 5.45. The predicted octanol–water partition coefficient (Wildman–Crippen LogP) is 2.30. The number of aryl methyl sites for hydroxylation is 2. The van der Waals surface area contributed by atoms with Crippen molar-refractivity contribution in [2.24, 2.45) is 0 Å². The fraction of sp³-hybridized carbons (Fsp3) is 0.400. The Kier molecular flexibility index (Phi) is 4.92. The first-order chi connectivity index (χ1) is 10.1. The number of oxazole rings is 1. The van der Waals surface area contributed by atoms with E-state index in [2.05, 4.69) is 20.6 Å². The van der Waals surface area contributed by atoms with Crippen LogP contribution in [0.1, 0.15) is 41.6 Å². The van der Waals surface area contributed by atoms with Crippen molar-refractivity contribution in [3.63, 3.8) is 0 Å². The van der Waals surface area contributed by atoms with Crippen molar-refractivity contribution in [1.82, 2.24) is 15.3 Å². The summed E-state index contributed by atoms with van der Waals surface area (Å²) in [5.74, 6) is 1.86. The van der Waals surface area contributed by atoms with Crippen molar-refractivity contribution in [2.75, 3.05) is 11.9 Å². The summed E-state index contributed by atoms with van der Waals surface area (Å²) in [6.07, 6.45) is 2.47. The molecule has 0 aliphatic carbocycles. The van der Waals surface area contributed by atoms with Gasteiger partial charge in [0.05, 0.1) is 12.7 Å². The van der Waals surface area contributed by atoms with Gasteiger partial charge in [0.1, 0.15) is 11.6 Å². The van der Waals surface area contributed by atoms with Crippen molar-refractivity contribution in [3.8, 4) is 0 Å². The Morgan fingerprint density at radius 2 is 2.14 bits per heavy atom. The van der Waals surface area contributed by atoms with Gasteiger partial charge in [-0.3, -0.25) is 4.79 Å². The van der Waals surface area contributed by atoms with Gasteiger partial charge in [-0.1, -0.05) is 6.92 Å². The Morgan fingerprint density at radius 3 is 2.81 bits per heavy atom. The second-order valence-corrected chi connectivity index (χ2v) is 4.67. The highest BCUT2D eigenvalue weighted by Gasteiger charge is 2.10. The van der Waals surface area contributed by atoms with E-state index < -0.39 is 0 Å². The molecule has 0 aliphatic rings. The van der Waals surface area contributed by atoms with Crippen LogP contribution in [0.15, 0.2) is 22.7 Å². The van der Waals surface area contributed by atoms with Gasteiger partial charge < -0.3 is 15.1 Å². The van der Waals surface area contributed by atoms with E-state index in [1.807, 2.05) is 20.8 Å². The van der Waals surface area contributed by atoms with E-state index in [0.717, 1.165) is 24.4 Å². The van der Waals surface area contributed by atoms with E-state index in [-0.39, 0.29) is 12.5 Å². The zero-order valence-electron chi connectivity index (χ0n) is 12.6. The van der Waals surface area contributed by atoms with Crippen molar-refractivity contribution < 1.29 is 9.21 Å². The van der Waals surface area contributed by atoms with Gasteiger partial charge >= 0.3 is 0 Å². The maximum atomic E-state index is 12.2. The van der Waals surface area contributed by atoms with Crippen LogP contribution in [0.2, 0.25) is 0 Å². The molecule has 112 valence electrons. The van der Waals surface area contributed by atoms with Crippen molar-refractivity contribution in [3.05, 3.63) is 41.2 Å². The van der Waals surface area contributed by atoms with Gasteiger partial charge in [-0.15, -0.1) is 0 Å². The number of pyridine rings is 1. The number of carbonyl (C=O) groups excluding carboxylic acids is 1. The predicted molar refractivity (Wildman–Crippen MR) is 80.2 cm³/mol. The van der Waals surface area contributed by atoms with Gasteiger partial charge in [-0.05, 0) is 26.0 Å². The quantitative estimate of drug-likeness (QED) is 0.852. The molecule has 2 heterocycles. The normalized spacial score (nSPS) is 10.4. The van der Waals surface area contributed by atoms with Crippen molar-refractivity contribution >= 4 is 11.7 Å². The highest BCUT2D eigenvalue weighted by atomic mass is 16.4. The van der Waals surface area contributed by atoms with Crippen LogP contribution in [0.3, 0.4) is 0 Å². The summed E-state index contributed by atoms with van der Waals surface area (Å²) in [5, 5.41) is 5.90. The van der Waals surface area contributed by atoms with Gasteiger partial charge in [0.15, 0.2) is 0 Å². The molecule has 0 fully saturated rings. The number of nitrogens with zero attached hydrogens (tertiary/aromatic N) is 2. The second kappa shape index (κ2) is 6.88. The highest BCUT2D eigenvalue weighted by molar-refractivity contribution is 5.94. The summed E-state index contributed by atoms with van der Waals surface area (Å²) in [6, 6.07) is 3.49. The maximum absolute atomic E-state index is 12.2. The topological polar surface area (TPSA) is 80.0 Å². The lowest BCUT2D eigenvalue weighted by Gasteiger charge is -2.07. The Labute approximate surface area is 124 Å². The molecule has 0 spiro atoms. The fourth-order valence-corrected chi connectivity index (χ4v) is 1.92. The summed E-state index contributed by atoms with van der Waals surface area (Å²) in [5.41, 5.74) is 1.36. The monoisotopic (exact) mass is 288 g/mol. The lowest BCUT2D eigenvalue weighted by molar-refractivity contribution is 0.0947. The van der Waals surface area contributed by atoms with E-state index in [9.17, 15) is 4.79 Å². The Morgan fingerprint density at radius 1 is 1.33 bits per heavy atom. The average Bonchev–Trinajstić information content (AvgIpc) is 2.92. The SMILES string of the molecule is CCNc1cc(C(=O)NCc2ncc(CC)o2)cc(C)n1. The van der Waals surface area contributed by atoms with E-state index in [4.69, 9.17) is 4.42 Å². The largest absolute Gasteiger partial charge is 0.444 e. The molecule has 2 rings (SSSR count). The van der Waals surface area contributed by atoms with Crippen LogP contribution in [0.25, 0.3) is 0 Å². The zero-order valence-corrected chi connectivity index (χ0v) is 12.6. The molecule has 6 heteroatoms. The Hall–Kier alpha value is -2.37. The van der Waals surface area contributed by atoms with Gasteiger partial charge in [0, 0.05) is 24.2 Å². The van der Waals surface area contributed by atoms with E-state index in [1.54, 1.807) is 18.3 Å². The fourth-order valence-electron chi connectivity index (χ4n) is 1.92. The summed E-state index contributed by atoms with van der Waals surface area (Å²) in [7, 11) is 0. The number of hydrogen-bond donors (Lipinski definition) is 2. The molecule has 0 atom stereocenters. The van der Waals surface area contributed by atoms with E-state index in [0.29, 0.717) is 17.3 Å². The van der Waals surface area contributed by atoms with Crippen LogP contribution in [-0.2, 0) is 13.0 Å². The minimum absolute atomic E-state index is 0.170. The number of nitrogens with one attached hydrogen (secondary N) is 2. The van der Waals surface area contributed by atoms with Crippen LogP contribution in [0, 0.1) is 6.92 Å². The van der Waals surface area contributed by atoms with Crippen molar-refractivity contribution in [2.45, 2.75) is 33.7 Å².